The van der Waals surface area contributed by atoms with E-state index >= 15 is 0 Å². The third-order valence-corrected chi connectivity index (χ3v) is 6.91. The van der Waals surface area contributed by atoms with Crippen molar-refractivity contribution in [3.05, 3.63) is 48.3 Å². The minimum atomic E-state index is -3.85. The smallest absolute Gasteiger partial charge is 0.324 e. The largest absolute Gasteiger partial charge is 0.391 e. The molecule has 4 heterocycles. The first-order chi connectivity index (χ1) is 14.8. The van der Waals surface area contributed by atoms with Gasteiger partial charge in [0.15, 0.2) is 5.65 Å². The van der Waals surface area contributed by atoms with E-state index in [9.17, 15) is 13.2 Å². The Labute approximate surface area is 177 Å². The van der Waals surface area contributed by atoms with Crippen molar-refractivity contribution < 1.29 is 17.9 Å². The van der Waals surface area contributed by atoms with Crippen LogP contribution < -0.4 is 15.5 Å². The van der Waals surface area contributed by atoms with Crippen LogP contribution in [0.4, 0.5) is 0 Å². The molecule has 0 unspecified atom stereocenters. The molecule has 1 aliphatic heterocycles. The van der Waals surface area contributed by atoms with E-state index in [1.807, 2.05) is 11.9 Å². The van der Waals surface area contributed by atoms with Crippen LogP contribution in [0, 0.1) is 6.92 Å². The fourth-order valence-electron chi connectivity index (χ4n) is 3.72. The fourth-order valence-corrected chi connectivity index (χ4v) is 5.02. The SMILES string of the molecule is CC(=O)Oc1nc2cnc3c(ccn3S(=O)(=O)c3ccc(C)cc3)c2n1N1CC(N)C1. The highest BCUT2D eigenvalue weighted by Crippen LogP contribution is 2.31. The number of benzene rings is 1. The molecule has 10 nitrogen and oxygen atoms in total. The zero-order valence-corrected chi connectivity index (χ0v) is 17.7. The van der Waals surface area contributed by atoms with E-state index in [0.29, 0.717) is 29.5 Å². The molecule has 160 valence electrons. The van der Waals surface area contributed by atoms with Gasteiger partial charge in [-0.05, 0) is 25.1 Å². The zero-order chi connectivity index (χ0) is 21.9. The second-order valence-electron chi connectivity index (χ2n) is 7.59. The Morgan fingerprint density at radius 1 is 1.19 bits per heavy atom. The molecule has 0 bridgehead atoms. The molecular formula is C20H20N6O4S. The van der Waals surface area contributed by atoms with E-state index in [2.05, 4.69) is 9.97 Å². The van der Waals surface area contributed by atoms with Gasteiger partial charge in [-0.1, -0.05) is 17.7 Å². The van der Waals surface area contributed by atoms with Crippen LogP contribution in [0.2, 0.25) is 0 Å². The molecule has 0 atom stereocenters. The molecule has 11 heteroatoms. The van der Waals surface area contributed by atoms with E-state index in [-0.39, 0.29) is 22.6 Å². The summed E-state index contributed by atoms with van der Waals surface area (Å²) in [6.07, 6.45) is 2.94. The number of nitrogens with two attached hydrogens (primary N) is 1. The third-order valence-electron chi connectivity index (χ3n) is 5.23. The average Bonchev–Trinajstić information content (AvgIpc) is 3.26. The minimum Gasteiger partial charge on any atom is -0.391 e. The number of imidazole rings is 1. The predicted octanol–water partition coefficient (Wildman–Crippen LogP) is 1.14. The highest BCUT2D eigenvalue weighted by Gasteiger charge is 2.30. The maximum Gasteiger partial charge on any atom is 0.324 e. The summed E-state index contributed by atoms with van der Waals surface area (Å²) in [6, 6.07) is 8.39. The van der Waals surface area contributed by atoms with Crippen LogP contribution in [0.15, 0.2) is 47.6 Å². The van der Waals surface area contributed by atoms with Crippen molar-refractivity contribution in [1.29, 1.82) is 0 Å². The van der Waals surface area contributed by atoms with Crippen LogP contribution in [-0.4, -0.2) is 52.1 Å². The minimum absolute atomic E-state index is 0.00790. The van der Waals surface area contributed by atoms with Gasteiger partial charge < -0.3 is 15.5 Å². The van der Waals surface area contributed by atoms with E-state index < -0.39 is 16.0 Å². The van der Waals surface area contributed by atoms with E-state index in [0.717, 1.165) is 9.54 Å². The van der Waals surface area contributed by atoms with Crippen LogP contribution in [0.25, 0.3) is 22.1 Å². The summed E-state index contributed by atoms with van der Waals surface area (Å²) in [7, 11) is -3.85. The Hall–Kier alpha value is -3.44. The van der Waals surface area contributed by atoms with Crippen molar-refractivity contribution in [2.24, 2.45) is 5.73 Å². The van der Waals surface area contributed by atoms with Crippen molar-refractivity contribution in [3.63, 3.8) is 0 Å². The third kappa shape index (κ3) is 3.04. The molecule has 1 aliphatic rings. The summed E-state index contributed by atoms with van der Waals surface area (Å²) in [6.45, 7) is 4.28. The van der Waals surface area contributed by atoms with Gasteiger partial charge in [-0.15, -0.1) is 0 Å². The molecule has 4 aromatic rings. The number of rotatable bonds is 4. The number of esters is 1. The number of fused-ring (bicyclic) bond motifs is 3. The zero-order valence-electron chi connectivity index (χ0n) is 16.9. The number of carbonyl (C=O) groups is 1. The highest BCUT2D eigenvalue weighted by atomic mass is 32.2. The summed E-state index contributed by atoms with van der Waals surface area (Å²) in [5.41, 5.74) is 8.25. The lowest BCUT2D eigenvalue weighted by Crippen LogP contribution is -2.60. The Morgan fingerprint density at radius 2 is 1.90 bits per heavy atom. The Kier molecular flexibility index (Phi) is 4.27. The van der Waals surface area contributed by atoms with E-state index in [4.69, 9.17) is 10.5 Å². The number of aryl methyl sites for hydroxylation is 1. The number of hydrogen-bond donors (Lipinski definition) is 1. The molecule has 0 aliphatic carbocycles. The Morgan fingerprint density at radius 3 is 2.55 bits per heavy atom. The topological polar surface area (TPSA) is 125 Å². The molecule has 0 amide bonds. The maximum absolute atomic E-state index is 13.2. The molecule has 0 saturated carbocycles. The van der Waals surface area contributed by atoms with Crippen molar-refractivity contribution in [1.82, 2.24) is 18.6 Å². The number of ether oxygens (including phenoxy) is 1. The highest BCUT2D eigenvalue weighted by molar-refractivity contribution is 7.90. The summed E-state index contributed by atoms with van der Waals surface area (Å²) >= 11 is 0. The van der Waals surface area contributed by atoms with E-state index in [1.54, 1.807) is 35.0 Å². The second-order valence-corrected chi connectivity index (χ2v) is 9.41. The van der Waals surface area contributed by atoms with Crippen LogP contribution in [0.1, 0.15) is 12.5 Å². The lowest BCUT2D eigenvalue weighted by Gasteiger charge is -2.39. The standard InChI is InChI=1S/C20H20N6O4S/c1-12-3-5-15(6-4-12)31(28,29)25-8-7-16-18-17(9-22-19(16)25)23-20(30-13(2)27)26(18)24-10-14(21)11-24/h3-9,14H,10-11,21H2,1-2H3. The predicted molar refractivity (Wildman–Crippen MR) is 114 cm³/mol. The summed E-state index contributed by atoms with van der Waals surface area (Å²) in [5.74, 6) is -0.509. The normalized spacial score (nSPS) is 14.9. The van der Waals surface area contributed by atoms with Crippen molar-refractivity contribution >= 4 is 38.1 Å². The molecule has 0 radical (unpaired) electrons. The number of nitrogens with zero attached hydrogens (tertiary/aromatic N) is 5. The molecule has 3 aromatic heterocycles. The molecule has 0 spiro atoms. The molecule has 31 heavy (non-hydrogen) atoms. The fraction of sp³-hybridized carbons (Fsp3) is 0.250. The number of hydrogen-bond acceptors (Lipinski definition) is 8. The Balaban J connectivity index is 1.73. The van der Waals surface area contributed by atoms with Gasteiger partial charge in [0.1, 0.15) is 11.0 Å². The second kappa shape index (κ2) is 6.79. The Bertz CT molecular complexity index is 1430. The van der Waals surface area contributed by atoms with Crippen LogP contribution in [-0.2, 0) is 14.8 Å². The van der Waals surface area contributed by atoms with Gasteiger partial charge in [0, 0.05) is 24.5 Å². The number of pyridine rings is 1. The van der Waals surface area contributed by atoms with Gasteiger partial charge in [0.25, 0.3) is 10.0 Å². The van der Waals surface area contributed by atoms with Gasteiger partial charge in [-0.2, -0.15) is 4.98 Å². The van der Waals surface area contributed by atoms with Gasteiger partial charge in [-0.3, -0.25) is 4.79 Å². The molecule has 1 aromatic carbocycles. The maximum atomic E-state index is 13.2. The molecular weight excluding hydrogens is 420 g/mol. The van der Waals surface area contributed by atoms with Gasteiger partial charge in [0.2, 0.25) is 0 Å². The first kappa shape index (κ1) is 19.5. The monoisotopic (exact) mass is 440 g/mol. The van der Waals surface area contributed by atoms with Gasteiger partial charge >= 0.3 is 12.0 Å². The lowest BCUT2D eigenvalue weighted by atomic mass is 10.2. The van der Waals surface area contributed by atoms with Crippen molar-refractivity contribution in [2.45, 2.75) is 24.8 Å². The summed E-state index contributed by atoms with van der Waals surface area (Å²) in [4.78, 5) is 20.5. The van der Waals surface area contributed by atoms with Crippen molar-refractivity contribution in [2.75, 3.05) is 18.1 Å². The quantitative estimate of drug-likeness (QED) is 0.468. The van der Waals surface area contributed by atoms with Crippen LogP contribution >= 0.6 is 0 Å². The first-order valence-corrected chi connectivity index (χ1v) is 11.1. The van der Waals surface area contributed by atoms with E-state index in [1.165, 1.54) is 19.3 Å². The number of carbonyl (C=O) groups excluding carboxylic acids is 1. The molecule has 5 rings (SSSR count). The molecule has 2 N–H and O–H groups in total. The molecule has 1 fully saturated rings. The van der Waals surface area contributed by atoms with Crippen LogP contribution in [0.5, 0.6) is 6.01 Å². The van der Waals surface area contributed by atoms with Gasteiger partial charge in [0.05, 0.1) is 24.2 Å². The average molecular weight is 440 g/mol. The summed E-state index contributed by atoms with van der Waals surface area (Å²) in [5, 5.41) is 2.46. The first-order valence-electron chi connectivity index (χ1n) is 9.65. The summed E-state index contributed by atoms with van der Waals surface area (Å²) < 4.78 is 34.6. The van der Waals surface area contributed by atoms with Crippen molar-refractivity contribution in [3.8, 4) is 6.01 Å². The lowest BCUT2D eigenvalue weighted by molar-refractivity contribution is -0.132. The van der Waals surface area contributed by atoms with Crippen LogP contribution in [0.3, 0.4) is 0 Å². The van der Waals surface area contributed by atoms with Gasteiger partial charge in [-0.25, -0.2) is 22.1 Å². The number of aromatic nitrogens is 4. The molecule has 1 saturated heterocycles.